The number of hydrogen-bond acceptors (Lipinski definition) is 5. The number of amides is 1. The summed E-state index contributed by atoms with van der Waals surface area (Å²) in [6.45, 7) is 0. The monoisotopic (exact) mass is 339 g/mol. The Morgan fingerprint density at radius 2 is 1.96 bits per heavy atom. The molecule has 1 aliphatic rings. The number of carbonyl (C=O) groups is 1. The van der Waals surface area contributed by atoms with Crippen molar-refractivity contribution in [3.8, 4) is 0 Å². The lowest BCUT2D eigenvalue weighted by Gasteiger charge is -2.15. The van der Waals surface area contributed by atoms with E-state index in [1.807, 2.05) is 30.3 Å². The zero-order chi connectivity index (χ0) is 17.9. The van der Waals surface area contributed by atoms with Gasteiger partial charge in [0.15, 0.2) is 0 Å². The van der Waals surface area contributed by atoms with Crippen molar-refractivity contribution in [2.45, 2.75) is 12.0 Å². The van der Waals surface area contributed by atoms with Crippen LogP contribution in [0.25, 0.3) is 0 Å². The van der Waals surface area contributed by atoms with Crippen LogP contribution < -0.4 is 5.43 Å². The Bertz CT molecular complexity index is 805. The molecular formula is C18H17N3O4. The number of hydrogen-bond donors (Lipinski definition) is 1. The number of nitrogens with zero attached hydrogens (tertiary/aromatic N) is 2. The van der Waals surface area contributed by atoms with Crippen molar-refractivity contribution < 1.29 is 14.5 Å². The van der Waals surface area contributed by atoms with Crippen LogP contribution in [-0.2, 0) is 15.1 Å². The molecule has 1 amide bonds. The molecule has 2 aromatic rings. The van der Waals surface area contributed by atoms with Gasteiger partial charge >= 0.3 is 0 Å². The highest BCUT2D eigenvalue weighted by molar-refractivity contribution is 5.86. The summed E-state index contributed by atoms with van der Waals surface area (Å²) in [7, 11) is 1.60. The van der Waals surface area contributed by atoms with Gasteiger partial charge in [0.1, 0.15) is 5.60 Å². The minimum atomic E-state index is -0.589. The topological polar surface area (TPSA) is 93.8 Å². The number of non-ortho nitro benzene ring substituents is 1. The van der Waals surface area contributed by atoms with Gasteiger partial charge < -0.3 is 4.74 Å². The van der Waals surface area contributed by atoms with E-state index >= 15 is 0 Å². The van der Waals surface area contributed by atoms with E-state index in [1.165, 1.54) is 18.3 Å². The Kier molecular flexibility index (Phi) is 4.58. The molecule has 0 spiro atoms. The van der Waals surface area contributed by atoms with Crippen LogP contribution in [0.4, 0.5) is 5.69 Å². The molecule has 2 aromatic carbocycles. The molecule has 0 unspecified atom stereocenters. The van der Waals surface area contributed by atoms with Crippen LogP contribution in [0.1, 0.15) is 17.5 Å². The Morgan fingerprint density at radius 1 is 1.28 bits per heavy atom. The van der Waals surface area contributed by atoms with Crippen molar-refractivity contribution in [3.05, 3.63) is 75.8 Å². The number of nitro groups is 1. The number of hydrazone groups is 1. The third-order valence-electron chi connectivity index (χ3n) is 4.35. The predicted octanol–water partition coefficient (Wildman–Crippen LogP) is 2.61. The van der Waals surface area contributed by atoms with E-state index in [-0.39, 0.29) is 17.5 Å². The van der Waals surface area contributed by atoms with Crippen molar-refractivity contribution in [2.24, 2.45) is 11.0 Å². The van der Waals surface area contributed by atoms with Crippen molar-refractivity contribution in [1.29, 1.82) is 0 Å². The predicted molar refractivity (Wildman–Crippen MR) is 92.1 cm³/mol. The molecule has 1 fully saturated rings. The maximum atomic E-state index is 12.3. The quantitative estimate of drug-likeness (QED) is 0.497. The molecule has 128 valence electrons. The van der Waals surface area contributed by atoms with E-state index in [0.29, 0.717) is 12.0 Å². The van der Waals surface area contributed by atoms with Gasteiger partial charge in [0, 0.05) is 19.2 Å². The maximum absolute atomic E-state index is 12.3. The molecule has 7 nitrogen and oxygen atoms in total. The smallest absolute Gasteiger partial charge is 0.269 e. The molecule has 0 bridgehead atoms. The summed E-state index contributed by atoms with van der Waals surface area (Å²) in [5.41, 5.74) is 3.55. The second-order valence-corrected chi connectivity index (χ2v) is 5.80. The molecular weight excluding hydrogens is 322 g/mol. The van der Waals surface area contributed by atoms with Gasteiger partial charge in [0.05, 0.1) is 17.1 Å². The summed E-state index contributed by atoms with van der Waals surface area (Å²) < 4.78 is 5.59. The summed E-state index contributed by atoms with van der Waals surface area (Å²) in [6.07, 6.45) is 2.05. The number of rotatable bonds is 6. The molecule has 0 saturated heterocycles. The number of methoxy groups -OCH3 is 1. The standard InChI is InChI=1S/C18H17N3O4/c1-25-18(14-5-3-2-4-6-14)11-16(18)17(22)20-19-12-13-7-9-15(10-8-13)21(23)24/h2-10,12,16H,11H2,1H3,(H,20,22)/b19-12-/t16-,18+/m1/s1. The third-order valence-corrected chi connectivity index (χ3v) is 4.35. The fraction of sp³-hybridized carbons (Fsp3) is 0.222. The summed E-state index contributed by atoms with van der Waals surface area (Å²) >= 11 is 0. The Labute approximate surface area is 144 Å². The van der Waals surface area contributed by atoms with Gasteiger partial charge in [-0.1, -0.05) is 30.3 Å². The molecule has 25 heavy (non-hydrogen) atoms. The van der Waals surface area contributed by atoms with E-state index in [4.69, 9.17) is 4.74 Å². The zero-order valence-electron chi connectivity index (χ0n) is 13.6. The Balaban J connectivity index is 1.61. The summed E-state index contributed by atoms with van der Waals surface area (Å²) in [5, 5.41) is 14.5. The molecule has 1 saturated carbocycles. The minimum absolute atomic E-state index is 0.00639. The van der Waals surface area contributed by atoms with Crippen LogP contribution in [0.15, 0.2) is 59.7 Å². The second kappa shape index (κ2) is 6.82. The molecule has 1 aliphatic carbocycles. The fourth-order valence-corrected chi connectivity index (χ4v) is 2.86. The van der Waals surface area contributed by atoms with Crippen molar-refractivity contribution in [1.82, 2.24) is 5.43 Å². The minimum Gasteiger partial charge on any atom is -0.373 e. The van der Waals surface area contributed by atoms with E-state index in [9.17, 15) is 14.9 Å². The van der Waals surface area contributed by atoms with Gasteiger partial charge in [-0.25, -0.2) is 5.43 Å². The largest absolute Gasteiger partial charge is 0.373 e. The average molecular weight is 339 g/mol. The highest BCUT2D eigenvalue weighted by Crippen LogP contribution is 2.54. The van der Waals surface area contributed by atoms with Gasteiger partial charge in [-0.3, -0.25) is 14.9 Å². The van der Waals surface area contributed by atoms with Crippen LogP contribution in [-0.4, -0.2) is 24.2 Å². The Morgan fingerprint density at radius 3 is 2.56 bits per heavy atom. The maximum Gasteiger partial charge on any atom is 0.269 e. The highest BCUT2D eigenvalue weighted by atomic mass is 16.6. The van der Waals surface area contributed by atoms with Crippen molar-refractivity contribution in [2.75, 3.05) is 7.11 Å². The molecule has 2 atom stereocenters. The first-order valence-corrected chi connectivity index (χ1v) is 7.75. The molecule has 0 aliphatic heterocycles. The lowest BCUT2D eigenvalue weighted by atomic mass is 10.1. The molecule has 0 aromatic heterocycles. The van der Waals surface area contributed by atoms with Gasteiger partial charge in [-0.05, 0) is 29.7 Å². The van der Waals surface area contributed by atoms with E-state index in [0.717, 1.165) is 5.56 Å². The molecule has 7 heteroatoms. The molecule has 0 heterocycles. The van der Waals surface area contributed by atoms with Gasteiger partial charge in [0.25, 0.3) is 5.69 Å². The van der Waals surface area contributed by atoms with Gasteiger partial charge in [-0.15, -0.1) is 0 Å². The SMILES string of the molecule is CO[C@]1(c2ccccc2)C[C@@H]1C(=O)N/N=C\c1ccc([N+](=O)[O-])cc1. The molecule has 1 N–H and O–H groups in total. The highest BCUT2D eigenvalue weighted by Gasteiger charge is 2.60. The number of carbonyl (C=O) groups excluding carboxylic acids is 1. The second-order valence-electron chi connectivity index (χ2n) is 5.80. The average Bonchev–Trinajstić information content (AvgIpc) is 3.39. The zero-order valence-corrected chi connectivity index (χ0v) is 13.6. The van der Waals surface area contributed by atoms with Crippen LogP contribution in [0.5, 0.6) is 0 Å². The Hall–Kier alpha value is -3.06. The lowest BCUT2D eigenvalue weighted by Crippen LogP contribution is -2.25. The summed E-state index contributed by atoms with van der Waals surface area (Å²) in [6, 6.07) is 15.5. The summed E-state index contributed by atoms with van der Waals surface area (Å²) in [5.74, 6) is -0.516. The first kappa shape index (κ1) is 16.8. The van der Waals surface area contributed by atoms with Crippen LogP contribution in [0.3, 0.4) is 0 Å². The summed E-state index contributed by atoms with van der Waals surface area (Å²) in [4.78, 5) is 22.4. The van der Waals surface area contributed by atoms with E-state index in [2.05, 4.69) is 10.5 Å². The van der Waals surface area contributed by atoms with E-state index < -0.39 is 10.5 Å². The number of benzene rings is 2. The van der Waals surface area contributed by atoms with Crippen molar-refractivity contribution in [3.63, 3.8) is 0 Å². The number of ether oxygens (including phenoxy) is 1. The van der Waals surface area contributed by atoms with Gasteiger partial charge in [-0.2, -0.15) is 5.10 Å². The first-order chi connectivity index (χ1) is 12.1. The fourth-order valence-electron chi connectivity index (χ4n) is 2.86. The third kappa shape index (κ3) is 3.41. The number of nitro benzene ring substituents is 1. The lowest BCUT2D eigenvalue weighted by molar-refractivity contribution is -0.384. The van der Waals surface area contributed by atoms with Crippen LogP contribution >= 0.6 is 0 Å². The molecule has 0 radical (unpaired) electrons. The normalized spacial score (nSPS) is 21.9. The first-order valence-electron chi connectivity index (χ1n) is 7.75. The molecule has 3 rings (SSSR count). The van der Waals surface area contributed by atoms with E-state index in [1.54, 1.807) is 19.2 Å². The van der Waals surface area contributed by atoms with Crippen molar-refractivity contribution >= 4 is 17.8 Å². The van der Waals surface area contributed by atoms with Gasteiger partial charge in [0.2, 0.25) is 5.91 Å². The van der Waals surface area contributed by atoms with Crippen LogP contribution in [0.2, 0.25) is 0 Å². The number of nitrogens with one attached hydrogen (secondary N) is 1. The van der Waals surface area contributed by atoms with Crippen LogP contribution in [0, 0.1) is 16.0 Å².